The highest BCUT2D eigenvalue weighted by molar-refractivity contribution is 7.25. The summed E-state index contributed by atoms with van der Waals surface area (Å²) in [7, 11) is 0. The van der Waals surface area contributed by atoms with E-state index in [2.05, 4.69) is 241 Å². The molecule has 0 unspecified atom stereocenters. The van der Waals surface area contributed by atoms with Crippen LogP contribution in [0.3, 0.4) is 0 Å². The van der Waals surface area contributed by atoms with E-state index < -0.39 is 0 Å². The summed E-state index contributed by atoms with van der Waals surface area (Å²) >= 11 is 1.86. The number of rotatable bonds is 8. The van der Waals surface area contributed by atoms with Gasteiger partial charge < -0.3 is 4.90 Å². The van der Waals surface area contributed by atoms with Crippen LogP contribution in [0, 0.1) is 0 Å². The van der Waals surface area contributed by atoms with Crippen molar-refractivity contribution in [3.8, 4) is 55.6 Å². The maximum Gasteiger partial charge on any atom is 0.0476 e. The third kappa shape index (κ3) is 6.54. The summed E-state index contributed by atoms with van der Waals surface area (Å²) in [6.07, 6.45) is 0. The number of hydrogen-bond acceptors (Lipinski definition) is 2. The zero-order valence-corrected chi connectivity index (χ0v) is 33.7. The fourth-order valence-electron chi connectivity index (χ4n) is 8.77. The van der Waals surface area contributed by atoms with E-state index in [0.717, 1.165) is 17.1 Å². The van der Waals surface area contributed by atoms with Crippen molar-refractivity contribution in [3.63, 3.8) is 0 Å². The lowest BCUT2D eigenvalue weighted by Gasteiger charge is -2.26. The number of nitrogens with zero attached hydrogens (tertiary/aromatic N) is 1. The van der Waals surface area contributed by atoms with Gasteiger partial charge in [-0.1, -0.05) is 182 Å². The van der Waals surface area contributed by atoms with Gasteiger partial charge in [0, 0.05) is 37.2 Å². The lowest BCUT2D eigenvalue weighted by atomic mass is 9.89. The molecule has 11 rings (SSSR count). The van der Waals surface area contributed by atoms with Gasteiger partial charge in [-0.2, -0.15) is 0 Å². The fourth-order valence-corrected chi connectivity index (χ4v) is 9.91. The normalized spacial score (nSPS) is 11.3. The molecule has 0 saturated carbocycles. The zero-order valence-electron chi connectivity index (χ0n) is 32.9. The molecule has 1 heterocycles. The Bertz CT molecular complexity index is 3290. The van der Waals surface area contributed by atoms with E-state index in [1.807, 2.05) is 11.3 Å². The van der Waals surface area contributed by atoms with Gasteiger partial charge in [0.15, 0.2) is 0 Å². The van der Waals surface area contributed by atoms with Crippen LogP contribution >= 0.6 is 11.3 Å². The molecule has 2 heteroatoms. The molecule has 60 heavy (non-hydrogen) atoms. The Morgan fingerprint density at radius 2 is 0.650 bits per heavy atom. The number of hydrogen-bond donors (Lipinski definition) is 0. The molecule has 0 radical (unpaired) electrons. The summed E-state index contributed by atoms with van der Waals surface area (Å²) in [4.78, 5) is 2.40. The number of thiophene rings is 1. The van der Waals surface area contributed by atoms with Crippen molar-refractivity contribution in [1.29, 1.82) is 0 Å². The molecule has 0 aliphatic heterocycles. The first kappa shape index (κ1) is 35.6. The SMILES string of the molecule is c1ccc(-c2cc3ccccc3cc2-c2ccc(N(c3ccc(-c4ccccc4-c4ccccc4-c4ccccc4)cc3)c3ccc4c(c3)sc3ccccc34)cc2)cc1. The number of anilines is 3. The zero-order chi connectivity index (χ0) is 39.8. The number of fused-ring (bicyclic) bond motifs is 4. The molecule has 282 valence electrons. The van der Waals surface area contributed by atoms with Crippen LogP contribution in [0.4, 0.5) is 17.1 Å². The molecule has 1 nitrogen and oxygen atoms in total. The van der Waals surface area contributed by atoms with Crippen LogP contribution in [-0.4, -0.2) is 0 Å². The predicted octanol–water partition coefficient (Wildman–Crippen LogP) is 17.0. The van der Waals surface area contributed by atoms with Crippen LogP contribution in [0.15, 0.2) is 237 Å². The van der Waals surface area contributed by atoms with Crippen molar-refractivity contribution in [2.45, 2.75) is 0 Å². The van der Waals surface area contributed by atoms with Crippen LogP contribution in [0.5, 0.6) is 0 Å². The van der Waals surface area contributed by atoms with Crippen LogP contribution < -0.4 is 4.90 Å². The standard InChI is InChI=1S/C58H39NS/c1-3-15-40(16-4-1)49-21-9-11-23-51(49)52-24-12-10-22-50(52)42-27-31-46(32-28-42)59(48-35-36-54-53-25-13-14-26-57(53)60-58(54)39-48)47-33-29-43(30-34-47)56-38-45-20-8-7-19-44(45)37-55(56)41-17-5-2-6-18-41/h1-39H. The summed E-state index contributed by atoms with van der Waals surface area (Å²) in [6.45, 7) is 0. The van der Waals surface area contributed by atoms with Crippen molar-refractivity contribution in [2.75, 3.05) is 4.90 Å². The first-order valence-corrected chi connectivity index (χ1v) is 21.3. The van der Waals surface area contributed by atoms with Crippen molar-refractivity contribution in [1.82, 2.24) is 0 Å². The van der Waals surface area contributed by atoms with Gasteiger partial charge in [0.05, 0.1) is 0 Å². The highest BCUT2D eigenvalue weighted by Gasteiger charge is 2.18. The largest absolute Gasteiger partial charge is 0.310 e. The molecule has 11 aromatic rings. The summed E-state index contributed by atoms with van der Waals surface area (Å²) in [5.41, 5.74) is 15.5. The molecule has 0 spiro atoms. The Balaban J connectivity index is 1.02. The van der Waals surface area contributed by atoms with E-state index in [-0.39, 0.29) is 0 Å². The molecule has 1 aromatic heterocycles. The Morgan fingerprint density at radius 3 is 1.22 bits per heavy atom. The van der Waals surface area contributed by atoms with Crippen molar-refractivity contribution in [3.05, 3.63) is 237 Å². The summed E-state index contributed by atoms with van der Waals surface area (Å²) in [5, 5.41) is 5.08. The van der Waals surface area contributed by atoms with Crippen LogP contribution in [0.1, 0.15) is 0 Å². The summed E-state index contributed by atoms with van der Waals surface area (Å²) in [6, 6.07) is 86.1. The van der Waals surface area contributed by atoms with Gasteiger partial charge in [-0.05, 0) is 121 Å². The fraction of sp³-hybridized carbons (Fsp3) is 0. The highest BCUT2D eigenvalue weighted by atomic mass is 32.1. The van der Waals surface area contributed by atoms with E-state index >= 15 is 0 Å². The predicted molar refractivity (Wildman–Crippen MR) is 259 cm³/mol. The van der Waals surface area contributed by atoms with E-state index in [9.17, 15) is 0 Å². The van der Waals surface area contributed by atoms with E-state index in [1.54, 1.807) is 0 Å². The van der Waals surface area contributed by atoms with E-state index in [0.29, 0.717) is 0 Å². The van der Waals surface area contributed by atoms with Gasteiger partial charge in [0.2, 0.25) is 0 Å². The van der Waals surface area contributed by atoms with Gasteiger partial charge in [0.1, 0.15) is 0 Å². The maximum absolute atomic E-state index is 2.40. The van der Waals surface area contributed by atoms with Gasteiger partial charge in [-0.15, -0.1) is 11.3 Å². The monoisotopic (exact) mass is 781 g/mol. The minimum Gasteiger partial charge on any atom is -0.310 e. The van der Waals surface area contributed by atoms with Crippen LogP contribution in [0.25, 0.3) is 86.6 Å². The minimum absolute atomic E-state index is 1.10. The molecule has 0 N–H and O–H groups in total. The second-order valence-corrected chi connectivity index (χ2v) is 16.4. The van der Waals surface area contributed by atoms with Gasteiger partial charge in [0.25, 0.3) is 0 Å². The molecule has 0 aliphatic carbocycles. The van der Waals surface area contributed by atoms with Crippen molar-refractivity contribution in [2.24, 2.45) is 0 Å². The average molecular weight is 782 g/mol. The summed E-state index contributed by atoms with van der Waals surface area (Å²) in [5.74, 6) is 0. The summed E-state index contributed by atoms with van der Waals surface area (Å²) < 4.78 is 2.59. The minimum atomic E-state index is 1.10. The van der Waals surface area contributed by atoms with Crippen LogP contribution in [-0.2, 0) is 0 Å². The number of benzene rings is 10. The van der Waals surface area contributed by atoms with Crippen molar-refractivity contribution >= 4 is 59.3 Å². The quantitative estimate of drug-likeness (QED) is 0.148. The molecule has 0 fully saturated rings. The smallest absolute Gasteiger partial charge is 0.0476 e. The molecule has 0 bridgehead atoms. The molecular formula is C58H39NS. The molecule has 0 saturated heterocycles. The Hall–Kier alpha value is -7.52. The maximum atomic E-state index is 2.40. The Morgan fingerprint density at radius 1 is 0.250 bits per heavy atom. The topological polar surface area (TPSA) is 3.24 Å². The Labute approximate surface area is 354 Å². The molecule has 10 aromatic carbocycles. The highest BCUT2D eigenvalue weighted by Crippen LogP contribution is 2.44. The first-order valence-electron chi connectivity index (χ1n) is 20.5. The lowest BCUT2D eigenvalue weighted by molar-refractivity contribution is 1.29. The molecule has 0 amide bonds. The lowest BCUT2D eigenvalue weighted by Crippen LogP contribution is -2.09. The van der Waals surface area contributed by atoms with Crippen molar-refractivity contribution < 1.29 is 0 Å². The molecular weight excluding hydrogens is 743 g/mol. The second kappa shape index (κ2) is 15.3. The third-order valence-electron chi connectivity index (χ3n) is 11.7. The van der Waals surface area contributed by atoms with Crippen LogP contribution in [0.2, 0.25) is 0 Å². The van der Waals surface area contributed by atoms with E-state index in [4.69, 9.17) is 0 Å². The molecule has 0 atom stereocenters. The average Bonchev–Trinajstić information content (AvgIpc) is 3.70. The van der Waals surface area contributed by atoms with Gasteiger partial charge in [-0.3, -0.25) is 0 Å². The first-order chi connectivity index (χ1) is 29.7. The third-order valence-corrected chi connectivity index (χ3v) is 12.8. The van der Waals surface area contributed by atoms with Gasteiger partial charge in [-0.25, -0.2) is 0 Å². The van der Waals surface area contributed by atoms with E-state index in [1.165, 1.54) is 86.6 Å². The van der Waals surface area contributed by atoms with Gasteiger partial charge >= 0.3 is 0 Å². The molecule has 0 aliphatic rings. The Kier molecular flexibility index (Phi) is 9.11. The second-order valence-electron chi connectivity index (χ2n) is 15.3.